The first-order chi connectivity index (χ1) is 12.0. The highest BCUT2D eigenvalue weighted by atomic mass is 16.2. The normalized spacial score (nSPS) is 13.7. The van der Waals surface area contributed by atoms with Gasteiger partial charge in [-0.1, -0.05) is 30.3 Å². The van der Waals surface area contributed by atoms with Crippen LogP contribution in [-0.4, -0.2) is 58.7 Å². The molecule has 1 aromatic rings. The zero-order valence-corrected chi connectivity index (χ0v) is 14.1. The molecule has 4 amide bonds. The first-order valence-electron chi connectivity index (χ1n) is 8.12. The highest BCUT2D eigenvalue weighted by molar-refractivity contribution is 5.99. The SMILES string of the molecule is CC(=O)N(C(=O)N1CCCC1)N(CC=O)C(=O)C=Cc1ccccc1. The zero-order chi connectivity index (χ0) is 18.2. The van der Waals surface area contributed by atoms with Gasteiger partial charge >= 0.3 is 6.03 Å². The predicted octanol–water partition coefficient (Wildman–Crippen LogP) is 1.71. The van der Waals surface area contributed by atoms with Gasteiger partial charge in [0, 0.05) is 26.1 Å². The molecule has 0 N–H and O–H groups in total. The molecule has 1 heterocycles. The summed E-state index contributed by atoms with van der Waals surface area (Å²) in [7, 11) is 0. The van der Waals surface area contributed by atoms with Crippen LogP contribution in [-0.2, 0) is 14.4 Å². The lowest BCUT2D eigenvalue weighted by Gasteiger charge is -2.33. The zero-order valence-electron chi connectivity index (χ0n) is 14.1. The number of carbonyl (C=O) groups is 4. The number of amides is 4. The third-order valence-corrected chi connectivity index (χ3v) is 3.82. The van der Waals surface area contributed by atoms with Crippen LogP contribution in [0.4, 0.5) is 4.79 Å². The van der Waals surface area contributed by atoms with E-state index in [0.29, 0.717) is 19.4 Å². The molecule has 2 rings (SSSR count). The molecule has 7 heteroatoms. The summed E-state index contributed by atoms with van der Waals surface area (Å²) in [5.74, 6) is -1.22. The number of imide groups is 1. The number of carbonyl (C=O) groups excluding carboxylic acids is 4. The van der Waals surface area contributed by atoms with Crippen LogP contribution >= 0.6 is 0 Å². The molecule has 25 heavy (non-hydrogen) atoms. The highest BCUT2D eigenvalue weighted by Gasteiger charge is 2.33. The average Bonchev–Trinajstić information content (AvgIpc) is 3.14. The molecular formula is C18H21N3O4. The van der Waals surface area contributed by atoms with Crippen LogP contribution in [0.2, 0.25) is 0 Å². The number of benzene rings is 1. The van der Waals surface area contributed by atoms with E-state index in [2.05, 4.69) is 0 Å². The van der Waals surface area contributed by atoms with E-state index in [1.807, 2.05) is 30.3 Å². The maximum absolute atomic E-state index is 12.6. The van der Waals surface area contributed by atoms with E-state index < -0.39 is 17.8 Å². The number of rotatable bonds is 4. The Morgan fingerprint density at radius 3 is 2.32 bits per heavy atom. The van der Waals surface area contributed by atoms with Crippen molar-refractivity contribution in [3.63, 3.8) is 0 Å². The fourth-order valence-corrected chi connectivity index (χ4v) is 2.61. The number of hydrogen-bond acceptors (Lipinski definition) is 4. The summed E-state index contributed by atoms with van der Waals surface area (Å²) in [6.45, 7) is 1.88. The number of hydrogen-bond donors (Lipinski definition) is 0. The van der Waals surface area contributed by atoms with Crippen molar-refractivity contribution in [1.29, 1.82) is 0 Å². The second kappa shape index (κ2) is 8.77. The van der Waals surface area contributed by atoms with Crippen molar-refractivity contribution in [2.24, 2.45) is 0 Å². The first-order valence-corrected chi connectivity index (χ1v) is 8.12. The Labute approximate surface area is 146 Å². The molecule has 1 aliphatic heterocycles. The second-order valence-corrected chi connectivity index (χ2v) is 5.64. The Bertz CT molecular complexity index is 666. The number of hydrazine groups is 1. The van der Waals surface area contributed by atoms with Crippen LogP contribution in [0.3, 0.4) is 0 Å². The summed E-state index contributed by atoms with van der Waals surface area (Å²) in [6.07, 6.45) is 5.01. The second-order valence-electron chi connectivity index (χ2n) is 5.64. The molecular weight excluding hydrogens is 322 g/mol. The van der Waals surface area contributed by atoms with Crippen molar-refractivity contribution in [1.82, 2.24) is 14.9 Å². The van der Waals surface area contributed by atoms with Gasteiger partial charge in [0.15, 0.2) is 0 Å². The Morgan fingerprint density at radius 1 is 1.12 bits per heavy atom. The molecule has 0 radical (unpaired) electrons. The van der Waals surface area contributed by atoms with Gasteiger partial charge in [0.1, 0.15) is 6.29 Å². The van der Waals surface area contributed by atoms with Crippen molar-refractivity contribution >= 4 is 30.2 Å². The summed E-state index contributed by atoms with van der Waals surface area (Å²) in [4.78, 5) is 49.5. The topological polar surface area (TPSA) is 78.0 Å². The molecule has 0 bridgehead atoms. The van der Waals surface area contributed by atoms with Gasteiger partial charge in [-0.3, -0.25) is 9.59 Å². The monoisotopic (exact) mass is 343 g/mol. The van der Waals surface area contributed by atoms with Crippen LogP contribution in [0.1, 0.15) is 25.3 Å². The van der Waals surface area contributed by atoms with Crippen LogP contribution in [0, 0.1) is 0 Å². The number of likely N-dealkylation sites (tertiary alicyclic amines) is 1. The summed E-state index contributed by atoms with van der Waals surface area (Å²) in [5, 5.41) is 1.62. The van der Waals surface area contributed by atoms with E-state index in [1.54, 1.807) is 6.08 Å². The Kier molecular flexibility index (Phi) is 6.45. The molecule has 1 aliphatic rings. The van der Waals surface area contributed by atoms with Gasteiger partial charge in [-0.15, -0.1) is 0 Å². The summed E-state index contributed by atoms with van der Waals surface area (Å²) < 4.78 is 0. The van der Waals surface area contributed by atoms with Gasteiger partial charge in [-0.05, 0) is 24.5 Å². The van der Waals surface area contributed by atoms with Crippen LogP contribution in [0.25, 0.3) is 6.08 Å². The molecule has 0 saturated carbocycles. The van der Waals surface area contributed by atoms with E-state index in [1.165, 1.54) is 17.9 Å². The number of aldehydes is 1. The summed E-state index contributed by atoms with van der Waals surface area (Å²) in [6, 6.07) is 8.55. The Morgan fingerprint density at radius 2 is 1.76 bits per heavy atom. The fraction of sp³-hybridized carbons (Fsp3) is 0.333. The van der Waals surface area contributed by atoms with E-state index in [0.717, 1.165) is 28.4 Å². The van der Waals surface area contributed by atoms with Crippen molar-refractivity contribution in [3.8, 4) is 0 Å². The van der Waals surface area contributed by atoms with Crippen molar-refractivity contribution in [3.05, 3.63) is 42.0 Å². The van der Waals surface area contributed by atoms with Gasteiger partial charge in [0.2, 0.25) is 5.91 Å². The Hall–Kier alpha value is -2.96. The number of nitrogens with zero attached hydrogens (tertiary/aromatic N) is 3. The minimum absolute atomic E-state index is 0.378. The molecule has 1 fully saturated rings. The number of urea groups is 1. The summed E-state index contributed by atoms with van der Waals surface area (Å²) in [5.41, 5.74) is 0.794. The lowest BCUT2D eigenvalue weighted by molar-refractivity contribution is -0.154. The van der Waals surface area contributed by atoms with Crippen LogP contribution in [0.5, 0.6) is 0 Å². The van der Waals surface area contributed by atoms with Crippen molar-refractivity contribution in [2.75, 3.05) is 19.6 Å². The lowest BCUT2D eigenvalue weighted by Crippen LogP contribution is -2.56. The summed E-state index contributed by atoms with van der Waals surface area (Å²) >= 11 is 0. The minimum Gasteiger partial charge on any atom is -0.323 e. The molecule has 1 aromatic carbocycles. The van der Waals surface area contributed by atoms with E-state index in [-0.39, 0.29) is 6.54 Å². The lowest BCUT2D eigenvalue weighted by atomic mass is 10.2. The Balaban J connectivity index is 2.21. The smallest absolute Gasteiger partial charge is 0.323 e. The molecule has 0 unspecified atom stereocenters. The van der Waals surface area contributed by atoms with Crippen LogP contribution in [0.15, 0.2) is 36.4 Å². The maximum Gasteiger partial charge on any atom is 0.346 e. The first kappa shape index (κ1) is 18.4. The predicted molar refractivity (Wildman–Crippen MR) is 92.0 cm³/mol. The molecule has 0 spiro atoms. The van der Waals surface area contributed by atoms with Gasteiger partial charge in [0.05, 0.1) is 6.54 Å². The highest BCUT2D eigenvalue weighted by Crippen LogP contribution is 2.13. The van der Waals surface area contributed by atoms with Gasteiger partial charge in [0.25, 0.3) is 5.91 Å². The molecule has 132 valence electrons. The van der Waals surface area contributed by atoms with Crippen molar-refractivity contribution < 1.29 is 19.2 Å². The average molecular weight is 343 g/mol. The third kappa shape index (κ3) is 4.76. The standard InChI is InChI=1S/C18H21N3O4/c1-15(23)21(18(25)19-11-5-6-12-19)20(13-14-22)17(24)10-9-16-7-3-2-4-8-16/h2-4,7-10,14H,5-6,11-13H2,1H3. The molecule has 0 aliphatic carbocycles. The molecule has 0 atom stereocenters. The van der Waals surface area contributed by atoms with Crippen molar-refractivity contribution in [2.45, 2.75) is 19.8 Å². The van der Waals surface area contributed by atoms with Crippen LogP contribution < -0.4 is 0 Å². The van der Waals surface area contributed by atoms with Gasteiger partial charge in [-0.2, -0.15) is 5.01 Å². The maximum atomic E-state index is 12.6. The van der Waals surface area contributed by atoms with E-state index in [4.69, 9.17) is 0 Å². The van der Waals surface area contributed by atoms with E-state index >= 15 is 0 Å². The largest absolute Gasteiger partial charge is 0.346 e. The molecule has 1 saturated heterocycles. The van der Waals surface area contributed by atoms with E-state index in [9.17, 15) is 19.2 Å². The quantitative estimate of drug-likeness (QED) is 0.474. The van der Waals surface area contributed by atoms with Gasteiger partial charge < -0.3 is 9.69 Å². The fourth-order valence-electron chi connectivity index (χ4n) is 2.61. The molecule has 0 aromatic heterocycles. The molecule has 7 nitrogen and oxygen atoms in total. The third-order valence-electron chi connectivity index (χ3n) is 3.82. The minimum atomic E-state index is -0.612. The van der Waals surface area contributed by atoms with Gasteiger partial charge in [-0.25, -0.2) is 9.80 Å².